The van der Waals surface area contributed by atoms with Crippen molar-refractivity contribution >= 4 is 0 Å². The van der Waals surface area contributed by atoms with Crippen LogP contribution in [0.5, 0.6) is 0 Å². The summed E-state index contributed by atoms with van der Waals surface area (Å²) in [5.41, 5.74) is 0. The van der Waals surface area contributed by atoms with Crippen LogP contribution in [0.15, 0.2) is 0 Å². The van der Waals surface area contributed by atoms with E-state index < -0.39 is 0 Å². The van der Waals surface area contributed by atoms with E-state index in [4.69, 9.17) is 9.47 Å². The lowest BCUT2D eigenvalue weighted by Crippen LogP contribution is -2.17. The van der Waals surface area contributed by atoms with Crippen molar-refractivity contribution in [3.63, 3.8) is 0 Å². The summed E-state index contributed by atoms with van der Waals surface area (Å²) in [7, 11) is 0. The second-order valence-corrected chi connectivity index (χ2v) is 3.84. The van der Waals surface area contributed by atoms with Gasteiger partial charge in [-0.2, -0.15) is 0 Å². The first-order valence-electron chi connectivity index (χ1n) is 6.14. The second kappa shape index (κ2) is 12.0. The van der Waals surface area contributed by atoms with Crippen LogP contribution in [0.2, 0.25) is 0 Å². The van der Waals surface area contributed by atoms with Crippen LogP contribution in [-0.2, 0) is 9.47 Å². The number of hydrogen-bond donors (Lipinski definition) is 1. The van der Waals surface area contributed by atoms with Gasteiger partial charge < -0.3 is 14.6 Å². The molecule has 3 heteroatoms. The zero-order chi connectivity index (χ0) is 11.4. The first-order chi connectivity index (χ1) is 7.31. The van der Waals surface area contributed by atoms with Crippen LogP contribution < -0.4 is 0 Å². The minimum absolute atomic E-state index is 0.305. The first kappa shape index (κ1) is 14.9. The Morgan fingerprint density at radius 3 is 2.27 bits per heavy atom. The van der Waals surface area contributed by atoms with Crippen LogP contribution in [0.25, 0.3) is 0 Å². The Hall–Kier alpha value is -0.120. The molecule has 1 N–H and O–H groups in total. The second-order valence-electron chi connectivity index (χ2n) is 3.84. The van der Waals surface area contributed by atoms with Gasteiger partial charge in [0.1, 0.15) is 0 Å². The number of rotatable bonds is 11. The van der Waals surface area contributed by atoms with Crippen LogP contribution >= 0.6 is 0 Å². The molecular formula is C12H26O3. The Morgan fingerprint density at radius 2 is 1.60 bits per heavy atom. The van der Waals surface area contributed by atoms with Crippen molar-refractivity contribution < 1.29 is 14.6 Å². The molecule has 0 radical (unpaired) electrons. The van der Waals surface area contributed by atoms with Gasteiger partial charge >= 0.3 is 0 Å². The number of unbranched alkanes of at least 4 members (excludes halogenated alkanes) is 2. The van der Waals surface area contributed by atoms with Crippen LogP contribution in [0.1, 0.15) is 46.0 Å². The van der Waals surface area contributed by atoms with E-state index in [1.165, 1.54) is 0 Å². The van der Waals surface area contributed by atoms with Crippen molar-refractivity contribution in [3.05, 3.63) is 0 Å². The minimum Gasteiger partial charge on any atom is -0.391 e. The molecule has 0 aromatic heterocycles. The van der Waals surface area contributed by atoms with E-state index in [1.54, 1.807) is 0 Å². The van der Waals surface area contributed by atoms with Crippen molar-refractivity contribution in [2.24, 2.45) is 0 Å². The van der Waals surface area contributed by atoms with Gasteiger partial charge in [0.25, 0.3) is 0 Å². The lowest BCUT2D eigenvalue weighted by Gasteiger charge is -2.10. The van der Waals surface area contributed by atoms with E-state index in [0.29, 0.717) is 19.8 Å². The maximum atomic E-state index is 9.46. The normalized spacial score (nSPS) is 13.0. The number of aliphatic hydroxyl groups is 1. The van der Waals surface area contributed by atoms with Crippen molar-refractivity contribution in [1.29, 1.82) is 0 Å². The van der Waals surface area contributed by atoms with E-state index >= 15 is 0 Å². The van der Waals surface area contributed by atoms with Gasteiger partial charge in [0.05, 0.1) is 25.9 Å². The molecule has 0 aliphatic carbocycles. The number of hydrogen-bond acceptors (Lipinski definition) is 3. The molecule has 0 aliphatic heterocycles. The summed E-state index contributed by atoms with van der Waals surface area (Å²) >= 11 is 0. The molecule has 1 atom stereocenters. The highest BCUT2D eigenvalue weighted by Crippen LogP contribution is 2.00. The quantitative estimate of drug-likeness (QED) is 0.541. The van der Waals surface area contributed by atoms with E-state index in [-0.39, 0.29) is 6.10 Å². The molecule has 0 amide bonds. The van der Waals surface area contributed by atoms with Crippen LogP contribution in [0.3, 0.4) is 0 Å². The summed E-state index contributed by atoms with van der Waals surface area (Å²) in [5, 5.41) is 9.46. The zero-order valence-electron chi connectivity index (χ0n) is 10.2. The Morgan fingerprint density at radius 1 is 0.933 bits per heavy atom. The molecule has 0 aliphatic rings. The molecule has 0 spiro atoms. The summed E-state index contributed by atoms with van der Waals surface area (Å²) in [6.07, 6.45) is 5.00. The summed E-state index contributed by atoms with van der Waals surface area (Å²) < 4.78 is 10.6. The van der Waals surface area contributed by atoms with E-state index in [0.717, 1.165) is 38.7 Å². The van der Waals surface area contributed by atoms with Crippen LogP contribution in [0, 0.1) is 0 Å². The maximum Gasteiger partial charge on any atom is 0.0773 e. The van der Waals surface area contributed by atoms with Crippen LogP contribution in [-0.4, -0.2) is 37.6 Å². The average molecular weight is 218 g/mol. The monoisotopic (exact) mass is 218 g/mol. The molecule has 92 valence electrons. The van der Waals surface area contributed by atoms with Crippen molar-refractivity contribution in [3.8, 4) is 0 Å². The molecule has 0 saturated carbocycles. The van der Waals surface area contributed by atoms with Crippen LogP contribution in [0.4, 0.5) is 0 Å². The molecule has 0 fully saturated rings. The molecule has 0 aromatic carbocycles. The Bertz CT molecular complexity index is 117. The summed E-state index contributed by atoms with van der Waals surface area (Å²) in [4.78, 5) is 0. The SMILES string of the molecule is CCCCOCCOCC(O)CCCC. The molecule has 0 heterocycles. The standard InChI is InChI=1S/C12H26O3/c1-3-5-7-12(13)11-15-10-9-14-8-6-4-2/h12-13H,3-11H2,1-2H3. The highest BCUT2D eigenvalue weighted by Gasteiger charge is 2.02. The molecule has 0 bridgehead atoms. The van der Waals surface area contributed by atoms with Crippen molar-refractivity contribution in [2.75, 3.05) is 26.4 Å². The molecule has 3 nitrogen and oxygen atoms in total. The largest absolute Gasteiger partial charge is 0.391 e. The molecule has 15 heavy (non-hydrogen) atoms. The molecule has 0 rings (SSSR count). The zero-order valence-corrected chi connectivity index (χ0v) is 10.2. The van der Waals surface area contributed by atoms with Gasteiger partial charge in [0.15, 0.2) is 0 Å². The fraction of sp³-hybridized carbons (Fsp3) is 1.00. The van der Waals surface area contributed by atoms with Gasteiger partial charge in [0.2, 0.25) is 0 Å². The highest BCUT2D eigenvalue weighted by molar-refractivity contribution is 4.52. The molecule has 0 aromatic rings. The topological polar surface area (TPSA) is 38.7 Å². The summed E-state index contributed by atoms with van der Waals surface area (Å²) in [6, 6.07) is 0. The summed E-state index contributed by atoms with van der Waals surface area (Å²) in [5.74, 6) is 0. The van der Waals surface area contributed by atoms with Gasteiger partial charge in [-0.15, -0.1) is 0 Å². The first-order valence-corrected chi connectivity index (χ1v) is 6.14. The molecular weight excluding hydrogens is 192 g/mol. The van der Waals surface area contributed by atoms with E-state index in [2.05, 4.69) is 13.8 Å². The lowest BCUT2D eigenvalue weighted by atomic mass is 10.2. The average Bonchev–Trinajstić information content (AvgIpc) is 2.25. The minimum atomic E-state index is -0.305. The Balaban J connectivity index is 3.02. The third-order valence-electron chi connectivity index (χ3n) is 2.22. The predicted molar refractivity (Wildman–Crippen MR) is 62.1 cm³/mol. The van der Waals surface area contributed by atoms with Crippen molar-refractivity contribution in [1.82, 2.24) is 0 Å². The smallest absolute Gasteiger partial charge is 0.0773 e. The number of aliphatic hydroxyl groups excluding tert-OH is 1. The third-order valence-corrected chi connectivity index (χ3v) is 2.22. The van der Waals surface area contributed by atoms with E-state index in [9.17, 15) is 5.11 Å². The lowest BCUT2D eigenvalue weighted by molar-refractivity contribution is 0.000503. The van der Waals surface area contributed by atoms with Gasteiger partial charge in [-0.25, -0.2) is 0 Å². The van der Waals surface area contributed by atoms with E-state index in [1.807, 2.05) is 0 Å². The molecule has 0 saturated heterocycles. The van der Waals surface area contributed by atoms with Gasteiger partial charge in [-0.1, -0.05) is 33.1 Å². The Kier molecular flexibility index (Phi) is 11.9. The van der Waals surface area contributed by atoms with Gasteiger partial charge in [-0.3, -0.25) is 0 Å². The summed E-state index contributed by atoms with van der Waals surface area (Å²) in [6.45, 7) is 6.75. The maximum absolute atomic E-state index is 9.46. The number of ether oxygens (including phenoxy) is 2. The third kappa shape index (κ3) is 11.8. The van der Waals surface area contributed by atoms with Gasteiger partial charge in [-0.05, 0) is 12.8 Å². The predicted octanol–water partition coefficient (Wildman–Crippen LogP) is 2.37. The fourth-order valence-electron chi connectivity index (χ4n) is 1.21. The fourth-order valence-corrected chi connectivity index (χ4v) is 1.21. The van der Waals surface area contributed by atoms with Crippen molar-refractivity contribution in [2.45, 2.75) is 52.1 Å². The molecule has 1 unspecified atom stereocenters. The Labute approximate surface area is 93.8 Å². The highest BCUT2D eigenvalue weighted by atomic mass is 16.5. The van der Waals surface area contributed by atoms with Gasteiger partial charge in [0, 0.05) is 6.61 Å².